The molecule has 0 unspecified atom stereocenters. The molecule has 104 valence electrons. The molecule has 0 atom stereocenters. The van der Waals surface area contributed by atoms with E-state index < -0.39 is 0 Å². The summed E-state index contributed by atoms with van der Waals surface area (Å²) in [6, 6.07) is 3.60. The predicted octanol–water partition coefficient (Wildman–Crippen LogP) is 3.07. The van der Waals surface area contributed by atoms with Gasteiger partial charge in [-0.3, -0.25) is 10.7 Å². The molecule has 2 N–H and O–H groups in total. The van der Waals surface area contributed by atoms with Crippen LogP contribution in [-0.4, -0.2) is 23.1 Å². The molecule has 1 heterocycles. The second kappa shape index (κ2) is 7.74. The predicted molar refractivity (Wildman–Crippen MR) is 74.0 cm³/mol. The van der Waals surface area contributed by atoms with Gasteiger partial charge in [-0.15, -0.1) is 0 Å². The normalized spacial score (nSPS) is 16.7. The maximum absolute atomic E-state index is 8.38. The van der Waals surface area contributed by atoms with Gasteiger partial charge in [0.05, 0.1) is 18.5 Å². The largest absolute Gasteiger partial charge is 0.478 e. The minimum Gasteiger partial charge on any atom is -0.478 e. The van der Waals surface area contributed by atoms with Crippen molar-refractivity contribution < 1.29 is 9.94 Å². The Morgan fingerprint density at radius 3 is 2.89 bits per heavy atom. The van der Waals surface area contributed by atoms with E-state index in [0.29, 0.717) is 11.6 Å². The van der Waals surface area contributed by atoms with Crippen LogP contribution in [0.15, 0.2) is 23.3 Å². The van der Waals surface area contributed by atoms with Crippen molar-refractivity contribution in [3.63, 3.8) is 0 Å². The van der Waals surface area contributed by atoms with Crippen LogP contribution in [0.5, 0.6) is 5.88 Å². The molecule has 0 bridgehead atoms. The molecule has 0 amide bonds. The molecule has 1 fully saturated rings. The van der Waals surface area contributed by atoms with Crippen molar-refractivity contribution in [3.8, 4) is 5.88 Å². The van der Waals surface area contributed by atoms with Crippen LogP contribution >= 0.6 is 0 Å². The van der Waals surface area contributed by atoms with E-state index in [1.54, 1.807) is 18.3 Å². The van der Waals surface area contributed by atoms with Crippen LogP contribution in [0.4, 0.5) is 5.69 Å². The van der Waals surface area contributed by atoms with Crippen LogP contribution in [0.3, 0.4) is 0 Å². The van der Waals surface area contributed by atoms with Crippen LogP contribution in [0.25, 0.3) is 0 Å². The van der Waals surface area contributed by atoms with Crippen molar-refractivity contribution in [1.29, 1.82) is 0 Å². The number of ether oxygens (including phenoxy) is 1. The fourth-order valence-electron chi connectivity index (χ4n) is 2.44. The van der Waals surface area contributed by atoms with Crippen LogP contribution in [-0.2, 0) is 0 Å². The average molecular weight is 263 g/mol. The van der Waals surface area contributed by atoms with E-state index in [-0.39, 0.29) is 0 Å². The molecule has 1 saturated carbocycles. The van der Waals surface area contributed by atoms with Crippen LogP contribution in [0, 0.1) is 5.92 Å². The molecule has 1 aliphatic carbocycles. The lowest BCUT2D eigenvalue weighted by Crippen LogP contribution is -2.11. The lowest BCUT2D eigenvalue weighted by atomic mass is 9.87. The Labute approximate surface area is 113 Å². The van der Waals surface area contributed by atoms with E-state index in [0.717, 1.165) is 18.9 Å². The number of hydroxylamine groups is 1. The van der Waals surface area contributed by atoms with Crippen molar-refractivity contribution in [3.05, 3.63) is 18.3 Å². The molecule has 19 heavy (non-hydrogen) atoms. The summed E-state index contributed by atoms with van der Waals surface area (Å²) in [4.78, 5) is 8.08. The number of rotatable bonds is 6. The van der Waals surface area contributed by atoms with Gasteiger partial charge < -0.3 is 4.74 Å². The highest BCUT2D eigenvalue weighted by Gasteiger charge is 2.13. The quantitative estimate of drug-likeness (QED) is 0.470. The van der Waals surface area contributed by atoms with Crippen LogP contribution in [0.2, 0.25) is 0 Å². The zero-order valence-corrected chi connectivity index (χ0v) is 11.1. The molecule has 2 rings (SSSR count). The molecular formula is C14H21N3O2. The summed E-state index contributed by atoms with van der Waals surface area (Å²) in [5.74, 6) is 1.46. The lowest BCUT2D eigenvalue weighted by molar-refractivity contribution is 0.240. The summed E-state index contributed by atoms with van der Waals surface area (Å²) in [5.41, 5.74) is 2.52. The fraction of sp³-hybridized carbons (Fsp3) is 0.571. The molecule has 0 radical (unpaired) electrons. The van der Waals surface area contributed by atoms with Gasteiger partial charge in [-0.2, -0.15) is 0 Å². The molecular weight excluding hydrogens is 242 g/mol. The Hall–Kier alpha value is -1.62. The summed E-state index contributed by atoms with van der Waals surface area (Å²) in [6.07, 6.45) is 10.8. The first kappa shape index (κ1) is 13.8. The maximum Gasteiger partial charge on any atom is 0.213 e. The Morgan fingerprint density at radius 2 is 2.21 bits per heavy atom. The van der Waals surface area contributed by atoms with Crippen LogP contribution < -0.4 is 10.2 Å². The fourth-order valence-corrected chi connectivity index (χ4v) is 2.44. The number of hydrogen-bond acceptors (Lipinski definition) is 4. The summed E-state index contributed by atoms with van der Waals surface area (Å²) in [6.45, 7) is 0.735. The van der Waals surface area contributed by atoms with E-state index >= 15 is 0 Å². The summed E-state index contributed by atoms with van der Waals surface area (Å²) in [7, 11) is 0. The molecule has 0 spiro atoms. The van der Waals surface area contributed by atoms with Gasteiger partial charge in [-0.25, -0.2) is 9.98 Å². The van der Waals surface area contributed by atoms with Crippen molar-refractivity contribution in [2.75, 3.05) is 6.61 Å². The van der Waals surface area contributed by atoms with Gasteiger partial charge >= 0.3 is 0 Å². The minimum absolute atomic E-state index is 0.631. The van der Waals surface area contributed by atoms with E-state index in [1.165, 1.54) is 38.4 Å². The number of aromatic nitrogens is 1. The molecule has 1 aliphatic rings. The first-order valence-corrected chi connectivity index (χ1v) is 6.89. The molecule has 5 nitrogen and oxygen atoms in total. The minimum atomic E-state index is 0.631. The summed E-state index contributed by atoms with van der Waals surface area (Å²) in [5, 5.41) is 8.38. The Morgan fingerprint density at radius 1 is 1.37 bits per heavy atom. The second-order valence-electron chi connectivity index (χ2n) is 4.88. The molecule has 5 heteroatoms. The molecule has 0 aliphatic heterocycles. The van der Waals surface area contributed by atoms with E-state index in [9.17, 15) is 0 Å². The number of hydrogen-bond donors (Lipinski definition) is 2. The highest BCUT2D eigenvalue weighted by atomic mass is 16.5. The van der Waals surface area contributed by atoms with Gasteiger partial charge in [0.1, 0.15) is 6.34 Å². The van der Waals surface area contributed by atoms with Gasteiger partial charge in [-0.05, 0) is 18.4 Å². The third kappa shape index (κ3) is 4.87. The van der Waals surface area contributed by atoms with Crippen molar-refractivity contribution in [2.24, 2.45) is 10.9 Å². The Balaban J connectivity index is 1.71. The smallest absolute Gasteiger partial charge is 0.213 e. The molecule has 0 saturated heterocycles. The van der Waals surface area contributed by atoms with Crippen LogP contribution in [0.1, 0.15) is 38.5 Å². The average Bonchev–Trinajstić information content (AvgIpc) is 2.47. The summed E-state index contributed by atoms with van der Waals surface area (Å²) < 4.78 is 5.64. The summed E-state index contributed by atoms with van der Waals surface area (Å²) >= 11 is 0. The van der Waals surface area contributed by atoms with Crippen molar-refractivity contribution in [2.45, 2.75) is 38.5 Å². The van der Waals surface area contributed by atoms with Gasteiger partial charge in [0.2, 0.25) is 5.88 Å². The first-order chi connectivity index (χ1) is 9.38. The van der Waals surface area contributed by atoms with Gasteiger partial charge in [0.15, 0.2) is 0 Å². The van der Waals surface area contributed by atoms with E-state index in [2.05, 4.69) is 9.98 Å². The zero-order chi connectivity index (χ0) is 13.3. The highest BCUT2D eigenvalue weighted by molar-refractivity contribution is 5.59. The monoisotopic (exact) mass is 263 g/mol. The lowest BCUT2D eigenvalue weighted by Gasteiger charge is -2.21. The third-order valence-corrected chi connectivity index (χ3v) is 3.49. The van der Waals surface area contributed by atoms with E-state index in [4.69, 9.17) is 9.94 Å². The Bertz CT molecular complexity index is 386. The third-order valence-electron chi connectivity index (χ3n) is 3.49. The zero-order valence-electron chi connectivity index (χ0n) is 11.1. The molecule has 1 aromatic rings. The van der Waals surface area contributed by atoms with Gasteiger partial charge in [-0.1, -0.05) is 32.1 Å². The SMILES string of the molecule is ONC=Nc1ccc(OCCC2CCCCC2)nc1. The van der Waals surface area contributed by atoms with Gasteiger partial charge in [0.25, 0.3) is 0 Å². The molecule has 1 aromatic heterocycles. The van der Waals surface area contributed by atoms with Gasteiger partial charge in [0, 0.05) is 6.07 Å². The number of pyridine rings is 1. The van der Waals surface area contributed by atoms with Crippen molar-refractivity contribution >= 4 is 12.0 Å². The van der Waals surface area contributed by atoms with Crippen molar-refractivity contribution in [1.82, 2.24) is 10.5 Å². The number of aliphatic imine (C=N–C) groups is 1. The molecule has 0 aromatic carbocycles. The highest BCUT2D eigenvalue weighted by Crippen LogP contribution is 2.26. The number of nitrogens with zero attached hydrogens (tertiary/aromatic N) is 2. The second-order valence-corrected chi connectivity index (χ2v) is 4.88. The topological polar surface area (TPSA) is 66.7 Å². The Kier molecular flexibility index (Phi) is 5.62. The standard InChI is InChI=1S/C14H21N3O2/c18-17-11-16-13-6-7-14(15-10-13)19-9-8-12-4-2-1-3-5-12/h6-7,10-12,18H,1-5,8-9H2,(H,16,17). The number of nitrogens with one attached hydrogen (secondary N) is 1. The first-order valence-electron chi connectivity index (χ1n) is 6.89. The maximum atomic E-state index is 8.38. The van der Waals surface area contributed by atoms with E-state index in [1.807, 2.05) is 5.48 Å².